The zero-order chi connectivity index (χ0) is 49.7. The number of oxime groups is 1. The lowest BCUT2D eigenvalue weighted by molar-refractivity contribution is -0.384. The first-order valence-electron chi connectivity index (χ1n) is 26.1. The number of ether oxygens (including phenoxy) is 4. The molecule has 6 rings (SSSR count). The molecule has 2 heterocycles. The Kier molecular flexibility index (Phi) is 21.8. The molecule has 70 heavy (non-hydrogen) atoms. The van der Waals surface area contributed by atoms with Crippen LogP contribution in [0.15, 0.2) is 78.0 Å². The first-order chi connectivity index (χ1) is 34.1. The van der Waals surface area contributed by atoms with Crippen LogP contribution in [0, 0.1) is 27.9 Å². The molecule has 15 heteroatoms. The maximum atomic E-state index is 14.5. The number of non-ortho nitro benzene ring substituents is 1. The van der Waals surface area contributed by atoms with Crippen LogP contribution in [-0.2, 0) is 19.1 Å². The summed E-state index contributed by atoms with van der Waals surface area (Å²) in [6, 6.07) is 10.6. The summed E-state index contributed by atoms with van der Waals surface area (Å²) in [6.45, 7) is 7.54. The van der Waals surface area contributed by atoms with Crippen molar-refractivity contribution in [1.29, 1.82) is 0 Å². The number of hydrogen-bond donors (Lipinski definition) is 3. The number of benzene rings is 2. The third-order valence-electron chi connectivity index (χ3n) is 14.4. The number of fused-ring (bicyclic) bond motifs is 2. The average molecular weight is 971 g/mol. The van der Waals surface area contributed by atoms with E-state index in [-0.39, 0.29) is 55.6 Å². The van der Waals surface area contributed by atoms with Crippen LogP contribution in [-0.4, -0.2) is 95.9 Å². The maximum Gasteiger partial charge on any atom is 0.412 e. The minimum absolute atomic E-state index is 0.00940. The second-order valence-electron chi connectivity index (χ2n) is 19.3. The number of allylic oxidation sites excluding steroid dienone is 1. The van der Waals surface area contributed by atoms with E-state index < -0.39 is 35.1 Å². The largest absolute Gasteiger partial charge is 0.459 e. The Labute approximate surface area is 414 Å². The molecule has 7 atom stereocenters. The van der Waals surface area contributed by atoms with E-state index in [1.165, 1.54) is 63.2 Å². The van der Waals surface area contributed by atoms with Crippen molar-refractivity contribution in [2.75, 3.05) is 40.0 Å². The Morgan fingerprint density at radius 1 is 0.957 bits per heavy atom. The normalized spacial score (nSPS) is 24.2. The van der Waals surface area contributed by atoms with Crippen LogP contribution in [0.4, 0.5) is 10.5 Å². The fourth-order valence-corrected chi connectivity index (χ4v) is 10.8. The van der Waals surface area contributed by atoms with Crippen LogP contribution < -0.4 is 14.8 Å². The van der Waals surface area contributed by atoms with Crippen molar-refractivity contribution in [1.82, 2.24) is 10.2 Å². The van der Waals surface area contributed by atoms with Crippen LogP contribution >= 0.6 is 0 Å². The van der Waals surface area contributed by atoms with Gasteiger partial charge in [-0.2, -0.15) is 0 Å². The van der Waals surface area contributed by atoms with Gasteiger partial charge in [0.15, 0.2) is 0 Å². The lowest BCUT2D eigenvalue weighted by Gasteiger charge is -2.59. The second kappa shape index (κ2) is 28.1. The topological polar surface area (TPSA) is 192 Å². The Hall–Kier alpha value is -5.09. The van der Waals surface area contributed by atoms with Crippen LogP contribution in [0.5, 0.6) is 11.5 Å². The van der Waals surface area contributed by atoms with Crippen molar-refractivity contribution in [3.05, 3.63) is 94.1 Å². The molecule has 384 valence electrons. The summed E-state index contributed by atoms with van der Waals surface area (Å²) >= 11 is 0. The Bertz CT molecular complexity index is 2090. The number of aliphatic hydroxyl groups excluding tert-OH is 2. The molecule has 0 spiro atoms. The van der Waals surface area contributed by atoms with E-state index in [9.17, 15) is 29.9 Å². The summed E-state index contributed by atoms with van der Waals surface area (Å²) in [7, 11) is 1.71. The van der Waals surface area contributed by atoms with Gasteiger partial charge >= 0.3 is 6.09 Å². The number of carbonyl (C=O) groups is 2. The molecular formula is C55H78N4O11. The lowest BCUT2D eigenvalue weighted by atomic mass is 9.55. The fourth-order valence-electron chi connectivity index (χ4n) is 10.8. The summed E-state index contributed by atoms with van der Waals surface area (Å²) in [6.07, 6.45) is 25.0. The monoisotopic (exact) mass is 971 g/mol. The number of nitrogens with one attached hydrogen (secondary N) is 1. The summed E-state index contributed by atoms with van der Waals surface area (Å²) in [4.78, 5) is 46.5. The van der Waals surface area contributed by atoms with Crippen molar-refractivity contribution in [3.63, 3.8) is 0 Å². The van der Waals surface area contributed by atoms with Crippen LogP contribution in [0.1, 0.15) is 152 Å². The van der Waals surface area contributed by atoms with Gasteiger partial charge in [-0.1, -0.05) is 94.9 Å². The summed E-state index contributed by atoms with van der Waals surface area (Å²) in [5.74, 6) is -1.83. The molecule has 2 aromatic rings. The zero-order valence-corrected chi connectivity index (χ0v) is 41.6. The minimum Gasteiger partial charge on any atom is -0.459 e. The number of nitro groups is 1. The summed E-state index contributed by atoms with van der Waals surface area (Å²) in [5.41, 5.74) is 2.91. The number of unbranched alkanes of at least 4 members (excludes halogenated alkanes) is 11. The predicted molar refractivity (Wildman–Crippen MR) is 270 cm³/mol. The van der Waals surface area contributed by atoms with Crippen LogP contribution in [0.25, 0.3) is 6.08 Å². The molecule has 7 unspecified atom stereocenters. The quantitative estimate of drug-likeness (QED) is 0.0231. The van der Waals surface area contributed by atoms with Crippen molar-refractivity contribution in [2.45, 2.75) is 159 Å². The molecule has 0 radical (unpaired) electrons. The molecule has 3 N–H and O–H groups in total. The van der Waals surface area contributed by atoms with Crippen molar-refractivity contribution in [2.24, 2.45) is 22.9 Å². The second-order valence-corrected chi connectivity index (χ2v) is 19.3. The molecule has 1 saturated carbocycles. The van der Waals surface area contributed by atoms with Crippen LogP contribution in [0.2, 0.25) is 0 Å². The maximum absolute atomic E-state index is 14.5. The number of hydrogen-bond acceptors (Lipinski definition) is 12. The Balaban J connectivity index is 1.36. The standard InChI is InChI=1S/C55H78N4O11/c1-4-6-7-8-9-10-11-12-13-17-32-56-54(63)68-43-29-30-48-46(38-43)52-44(22-15-19-34-61)41(21-14-18-33-60)37-45-47(57-70-51-23-16-20-36-66-51)39-49(55(69-48,53(45)52)67-35-5-2)58(3)50(62)31-26-40-24-27-42(28-25-40)59(64)65/h5,24-31,37-38,41,44,49,51-53,60-61H,2,4,6-23,32-36,39H2,1,3H3,(H,56,63). The molecule has 15 nitrogen and oxygen atoms in total. The first-order valence-corrected chi connectivity index (χ1v) is 26.1. The van der Waals surface area contributed by atoms with Crippen molar-refractivity contribution >= 4 is 29.5 Å². The van der Waals surface area contributed by atoms with E-state index in [1.807, 2.05) is 12.1 Å². The molecule has 1 saturated heterocycles. The highest BCUT2D eigenvalue weighted by atomic mass is 16.8. The Morgan fingerprint density at radius 2 is 1.67 bits per heavy atom. The highest BCUT2D eigenvalue weighted by Gasteiger charge is 2.65. The zero-order valence-electron chi connectivity index (χ0n) is 41.6. The molecule has 0 bridgehead atoms. The third-order valence-corrected chi connectivity index (χ3v) is 14.4. The van der Waals surface area contributed by atoms with E-state index in [0.717, 1.165) is 68.9 Å². The van der Waals surface area contributed by atoms with Crippen molar-refractivity contribution < 1.29 is 48.5 Å². The molecule has 2 amide bonds. The van der Waals surface area contributed by atoms with Gasteiger partial charge in [0.2, 0.25) is 18.0 Å². The first kappa shape index (κ1) is 54.2. The molecule has 0 aromatic heterocycles. The summed E-state index contributed by atoms with van der Waals surface area (Å²) in [5, 5.41) is 39.1. The average Bonchev–Trinajstić information content (AvgIpc) is 3.37. The van der Waals surface area contributed by atoms with E-state index in [1.54, 1.807) is 42.3 Å². The van der Waals surface area contributed by atoms with Gasteiger partial charge in [-0.05, 0) is 104 Å². The number of likely N-dealkylation sites (N-methyl/N-ethyl adjacent to an activating group) is 1. The highest BCUT2D eigenvalue weighted by molar-refractivity contribution is 6.03. The van der Waals surface area contributed by atoms with Gasteiger partial charge in [0, 0.05) is 69.3 Å². The van der Waals surface area contributed by atoms with E-state index in [4.69, 9.17) is 28.9 Å². The van der Waals surface area contributed by atoms with Gasteiger partial charge in [-0.3, -0.25) is 14.9 Å². The molecule has 2 aliphatic heterocycles. The minimum atomic E-state index is -1.48. The number of nitrogens with zero attached hydrogens (tertiary/aromatic N) is 3. The van der Waals surface area contributed by atoms with Gasteiger partial charge < -0.3 is 44.2 Å². The molecule has 2 aliphatic carbocycles. The van der Waals surface area contributed by atoms with Gasteiger partial charge in [0.1, 0.15) is 17.5 Å². The van der Waals surface area contributed by atoms with Crippen LogP contribution in [0.3, 0.4) is 0 Å². The lowest BCUT2D eigenvalue weighted by Crippen LogP contribution is -2.69. The number of carbonyl (C=O) groups excluding carboxylic acids is 2. The van der Waals surface area contributed by atoms with Crippen molar-refractivity contribution in [3.8, 4) is 11.5 Å². The predicted octanol–water partition coefficient (Wildman–Crippen LogP) is 10.9. The van der Waals surface area contributed by atoms with E-state index >= 15 is 0 Å². The highest BCUT2D eigenvalue weighted by Crippen LogP contribution is 2.62. The van der Waals surface area contributed by atoms with E-state index in [2.05, 4.69) is 24.9 Å². The van der Waals surface area contributed by atoms with E-state index in [0.29, 0.717) is 55.2 Å². The van der Waals surface area contributed by atoms with Gasteiger partial charge in [-0.15, -0.1) is 6.58 Å². The molecule has 4 aliphatic rings. The summed E-state index contributed by atoms with van der Waals surface area (Å²) < 4.78 is 26.2. The SMILES string of the molecule is C=CCOC12Oc3ccc(OC(=O)NCCCCCCCCCCCC)cc3C3C(CCCCO)C(CCCCO)C=C(C(=NOC4CCCCO4)CC1N(C)C(=O)C=Cc1ccc([N+](=O)[O-])cc1)C32. The smallest absolute Gasteiger partial charge is 0.412 e. The number of amides is 2. The third kappa shape index (κ3) is 14.5. The molecule has 2 fully saturated rings. The Morgan fingerprint density at radius 3 is 2.34 bits per heavy atom. The molecule has 2 aromatic carbocycles. The van der Waals surface area contributed by atoms with Gasteiger partial charge in [0.05, 0.1) is 29.8 Å². The fraction of sp³-hybridized carbons (Fsp3) is 0.618. The van der Waals surface area contributed by atoms with Gasteiger partial charge in [-0.25, -0.2) is 4.79 Å². The number of rotatable bonds is 29. The molecular weight excluding hydrogens is 893 g/mol. The van der Waals surface area contributed by atoms with Gasteiger partial charge in [0.25, 0.3) is 5.69 Å². The number of nitro benzene ring substituents is 1. The number of aliphatic hydroxyl groups is 2.